The molecule has 16 rings (SSSR count). The molecule has 5 aromatic heterocycles. The molecular weight excluding hydrogens is 987 g/mol. The molecule has 16 aromatic rings. The summed E-state index contributed by atoms with van der Waals surface area (Å²) in [5.74, 6) is 1.97. The summed E-state index contributed by atoms with van der Waals surface area (Å²) in [7, 11) is 0. The van der Waals surface area contributed by atoms with Crippen LogP contribution in [0.1, 0.15) is 0 Å². The van der Waals surface area contributed by atoms with E-state index in [1.54, 1.807) is 0 Å². The maximum Gasteiger partial charge on any atom is 0.162 e. The van der Waals surface area contributed by atoms with E-state index >= 15 is 0 Å². The zero-order valence-corrected chi connectivity index (χ0v) is 43.8. The van der Waals surface area contributed by atoms with Crippen LogP contribution in [0.25, 0.3) is 150 Å². The Morgan fingerprint density at radius 2 is 0.654 bits per heavy atom. The third kappa shape index (κ3) is 7.74. The quantitative estimate of drug-likeness (QED) is 0.144. The van der Waals surface area contributed by atoms with Crippen LogP contribution in [0.5, 0.6) is 0 Å². The normalized spacial score (nSPS) is 11.7. The molecule has 7 nitrogen and oxygen atoms in total. The molecule has 0 fully saturated rings. The maximum absolute atomic E-state index is 5.51. The number of para-hydroxylation sites is 3. The first-order valence-electron chi connectivity index (χ1n) is 27.4. The van der Waals surface area contributed by atoms with Gasteiger partial charge in [0.15, 0.2) is 17.3 Å². The van der Waals surface area contributed by atoms with Crippen molar-refractivity contribution < 1.29 is 0 Å². The van der Waals surface area contributed by atoms with E-state index in [-0.39, 0.29) is 0 Å². The van der Waals surface area contributed by atoms with Gasteiger partial charge < -0.3 is 9.13 Å². The average molecular weight is 1030 g/mol. The Morgan fingerprint density at radius 3 is 1.23 bits per heavy atom. The largest absolute Gasteiger partial charge is 0.309 e. The van der Waals surface area contributed by atoms with Gasteiger partial charge in [-0.2, -0.15) is 0 Å². The van der Waals surface area contributed by atoms with Crippen LogP contribution in [0.2, 0.25) is 0 Å². The summed E-state index contributed by atoms with van der Waals surface area (Å²) in [4.78, 5) is 21.5. The average Bonchev–Trinajstić information content (AvgIpc) is 4.40. The molecule has 0 aliphatic carbocycles. The fourth-order valence-corrected chi connectivity index (χ4v) is 12.1. The van der Waals surface area contributed by atoms with E-state index in [0.29, 0.717) is 17.5 Å². The third-order valence-electron chi connectivity index (χ3n) is 15.9. The van der Waals surface area contributed by atoms with E-state index in [0.717, 1.165) is 89.1 Å². The summed E-state index contributed by atoms with van der Waals surface area (Å²) in [6.07, 6.45) is 0. The van der Waals surface area contributed by atoms with Crippen molar-refractivity contribution in [3.05, 3.63) is 285 Å². The van der Waals surface area contributed by atoms with Crippen molar-refractivity contribution in [2.45, 2.75) is 0 Å². The Kier molecular flexibility index (Phi) is 10.7. The molecule has 0 amide bonds. The predicted molar refractivity (Wildman–Crippen MR) is 333 cm³/mol. The molecule has 0 bridgehead atoms. The summed E-state index contributed by atoms with van der Waals surface area (Å²) in [6, 6.07) is 101. The van der Waals surface area contributed by atoms with Crippen molar-refractivity contribution >= 4 is 65.5 Å². The van der Waals surface area contributed by atoms with Gasteiger partial charge in [0, 0.05) is 66.6 Å². The van der Waals surface area contributed by atoms with Crippen LogP contribution >= 0.6 is 0 Å². The van der Waals surface area contributed by atoms with Crippen LogP contribution in [0.15, 0.2) is 285 Å². The van der Waals surface area contributed by atoms with E-state index in [9.17, 15) is 0 Å². The Labute approximate surface area is 466 Å². The lowest BCUT2D eigenvalue weighted by Crippen LogP contribution is -2.04. The first kappa shape index (κ1) is 46.1. The van der Waals surface area contributed by atoms with Gasteiger partial charge in [-0.15, -0.1) is 0 Å². The monoisotopic (exact) mass is 1030 g/mol. The molecule has 0 aliphatic rings. The number of hydrogen-bond acceptors (Lipinski definition) is 4. The fraction of sp³-hybridized carbons (Fsp3) is 0. The molecule has 378 valence electrons. The number of benzene rings is 11. The van der Waals surface area contributed by atoms with Crippen molar-refractivity contribution in [1.29, 1.82) is 0 Å². The second kappa shape index (κ2) is 18.9. The summed E-state index contributed by atoms with van der Waals surface area (Å²) in [5.41, 5.74) is 18.6. The van der Waals surface area contributed by atoms with Crippen molar-refractivity contribution in [3.8, 4) is 84.7 Å². The van der Waals surface area contributed by atoms with Crippen molar-refractivity contribution in [2.75, 3.05) is 0 Å². The molecule has 0 saturated heterocycles. The molecular formula is C74H47N7. The van der Waals surface area contributed by atoms with Crippen molar-refractivity contribution in [2.24, 2.45) is 0 Å². The molecule has 0 atom stereocenters. The van der Waals surface area contributed by atoms with E-state index in [1.165, 1.54) is 43.7 Å². The molecule has 0 aliphatic heterocycles. The van der Waals surface area contributed by atoms with Crippen molar-refractivity contribution in [3.63, 3.8) is 0 Å². The molecule has 0 N–H and O–H groups in total. The molecule has 11 aromatic carbocycles. The van der Waals surface area contributed by atoms with E-state index in [4.69, 9.17) is 19.9 Å². The van der Waals surface area contributed by atoms with E-state index in [2.05, 4.69) is 244 Å². The standard InChI is InChI=1S/C74H47N7/c1-6-21-48(22-7-1)63-47-69(76-72(75-63)50-25-10-3-11-26-50)81-68-42-39-55(46-62(68)70-71(49-23-8-2-9-24-49)77-73(78-74(70)81)51-27-12-4-13-28-51)52-29-20-32-57(43-52)80-65-36-19-17-34-59(65)61-45-54(38-41-67(61)80)53-37-40-66-60(44-53)58-33-16-18-35-64(58)79(66)56-30-14-5-15-31-56/h1-47H. The minimum atomic E-state index is 0.627. The first-order chi connectivity index (χ1) is 40.2. The lowest BCUT2D eigenvalue weighted by Gasteiger charge is -2.13. The first-order valence-corrected chi connectivity index (χ1v) is 27.4. The van der Waals surface area contributed by atoms with Gasteiger partial charge in [-0.3, -0.25) is 4.57 Å². The Hall–Kier alpha value is -11.0. The van der Waals surface area contributed by atoms with Gasteiger partial charge in [0.25, 0.3) is 0 Å². The molecule has 5 heterocycles. The number of nitrogens with zero attached hydrogens (tertiary/aromatic N) is 7. The Balaban J connectivity index is 0.872. The zero-order valence-electron chi connectivity index (χ0n) is 43.8. The van der Waals surface area contributed by atoms with Crippen LogP contribution in [-0.4, -0.2) is 33.6 Å². The van der Waals surface area contributed by atoms with Gasteiger partial charge in [0.2, 0.25) is 0 Å². The SMILES string of the molecule is c1ccc(-c2cc(-n3c4ccc(-c5cccc(-n6c7ccccc7c7cc(-c8ccc9c(c8)c8ccccc8n9-c8ccccc8)ccc76)c5)cc4c4c(-c5ccccc5)nc(-c5ccccc5)nc43)nc(-c3ccccc3)n2)cc1. The minimum Gasteiger partial charge on any atom is -0.309 e. The third-order valence-corrected chi connectivity index (χ3v) is 15.9. The highest BCUT2D eigenvalue weighted by molar-refractivity contribution is 6.16. The summed E-state index contributed by atoms with van der Waals surface area (Å²) >= 11 is 0. The Morgan fingerprint density at radius 1 is 0.235 bits per heavy atom. The van der Waals surface area contributed by atoms with Crippen LogP contribution < -0.4 is 0 Å². The summed E-state index contributed by atoms with van der Waals surface area (Å²) in [5, 5.41) is 6.83. The highest BCUT2D eigenvalue weighted by Gasteiger charge is 2.24. The van der Waals surface area contributed by atoms with Gasteiger partial charge in [-0.1, -0.05) is 206 Å². The van der Waals surface area contributed by atoms with Gasteiger partial charge in [-0.05, 0) is 95.1 Å². The molecule has 0 unspecified atom stereocenters. The number of aromatic nitrogens is 7. The zero-order chi connectivity index (χ0) is 53.4. The molecule has 81 heavy (non-hydrogen) atoms. The van der Waals surface area contributed by atoms with Crippen LogP contribution in [-0.2, 0) is 0 Å². The predicted octanol–water partition coefficient (Wildman–Crippen LogP) is 18.6. The lowest BCUT2D eigenvalue weighted by molar-refractivity contribution is 1.03. The number of fused-ring (bicyclic) bond motifs is 9. The Bertz CT molecular complexity index is 5030. The highest BCUT2D eigenvalue weighted by atomic mass is 15.1. The molecule has 7 heteroatoms. The lowest BCUT2D eigenvalue weighted by atomic mass is 10.00. The number of hydrogen-bond donors (Lipinski definition) is 0. The summed E-state index contributed by atoms with van der Waals surface area (Å²) < 4.78 is 6.99. The molecule has 0 spiro atoms. The smallest absolute Gasteiger partial charge is 0.162 e. The van der Waals surface area contributed by atoms with Crippen molar-refractivity contribution in [1.82, 2.24) is 33.6 Å². The van der Waals surface area contributed by atoms with Gasteiger partial charge in [0.1, 0.15) is 5.82 Å². The van der Waals surface area contributed by atoms with E-state index < -0.39 is 0 Å². The van der Waals surface area contributed by atoms with Gasteiger partial charge >= 0.3 is 0 Å². The van der Waals surface area contributed by atoms with E-state index in [1.807, 2.05) is 54.6 Å². The van der Waals surface area contributed by atoms with Crippen LogP contribution in [0.4, 0.5) is 0 Å². The van der Waals surface area contributed by atoms with Gasteiger partial charge in [-0.25, -0.2) is 19.9 Å². The van der Waals surface area contributed by atoms with Crippen LogP contribution in [0, 0.1) is 0 Å². The molecule has 0 saturated carbocycles. The van der Waals surface area contributed by atoms with Crippen LogP contribution in [0.3, 0.4) is 0 Å². The second-order valence-electron chi connectivity index (χ2n) is 20.6. The summed E-state index contributed by atoms with van der Waals surface area (Å²) in [6.45, 7) is 0. The fourth-order valence-electron chi connectivity index (χ4n) is 12.1. The molecule has 0 radical (unpaired) electrons. The second-order valence-corrected chi connectivity index (χ2v) is 20.6. The highest BCUT2D eigenvalue weighted by Crippen LogP contribution is 2.43. The minimum absolute atomic E-state index is 0.627. The van der Waals surface area contributed by atoms with Gasteiger partial charge in [0.05, 0.1) is 44.4 Å². The maximum atomic E-state index is 5.51. The number of rotatable bonds is 9. The topological polar surface area (TPSA) is 66.3 Å².